The molecule has 1 aliphatic carbocycles. The van der Waals surface area contributed by atoms with Crippen LogP contribution in [0, 0.1) is 0 Å². The van der Waals surface area contributed by atoms with Gasteiger partial charge in [0.1, 0.15) is 5.82 Å². The molecule has 2 N–H and O–H groups in total. The zero-order chi connectivity index (χ0) is 28.1. The predicted octanol–water partition coefficient (Wildman–Crippen LogP) is 2.23. The molecule has 12 nitrogen and oxygen atoms in total. The Morgan fingerprint density at radius 3 is 2.35 bits per heavy atom. The lowest BCUT2D eigenvalue weighted by Crippen LogP contribution is -2.38. The van der Waals surface area contributed by atoms with E-state index in [-0.39, 0.29) is 40.4 Å². The Labute approximate surface area is 235 Å². The predicted molar refractivity (Wildman–Crippen MR) is 147 cm³/mol. The summed E-state index contributed by atoms with van der Waals surface area (Å²) >= 11 is 6.09. The molecule has 4 aromatic rings. The van der Waals surface area contributed by atoms with Crippen molar-refractivity contribution in [2.24, 2.45) is 0 Å². The van der Waals surface area contributed by atoms with Gasteiger partial charge in [-0.25, -0.2) is 31.2 Å². The maximum Gasteiger partial charge on any atom is 0.281 e. The maximum atomic E-state index is 13.3. The van der Waals surface area contributed by atoms with Gasteiger partial charge in [0.25, 0.3) is 5.56 Å². The summed E-state index contributed by atoms with van der Waals surface area (Å²) in [6.45, 7) is 0.774. The second-order valence-corrected chi connectivity index (χ2v) is 14.1. The number of nitrogens with zero attached hydrogens (tertiary/aromatic N) is 5. The quantitative estimate of drug-likeness (QED) is 0.310. The summed E-state index contributed by atoms with van der Waals surface area (Å²) in [5, 5.41) is 8.66. The van der Waals surface area contributed by atoms with E-state index in [1.165, 1.54) is 28.6 Å². The minimum Gasteiger partial charge on any atom is -0.308 e. The summed E-state index contributed by atoms with van der Waals surface area (Å²) in [5.74, 6) is 0.293. The molecule has 1 aliphatic heterocycles. The summed E-state index contributed by atoms with van der Waals surface area (Å²) < 4.78 is 56.9. The van der Waals surface area contributed by atoms with Gasteiger partial charge >= 0.3 is 0 Å². The topological polar surface area (TPSA) is 160 Å². The SMILES string of the molecule is O=c1[nH]c(C2CCN(S(=O)(=O)c3ccc(S(=O)(=O)NC4CC4)cc3)CC2)nc2c1nnn2Cc1cccc(Cl)c1. The minimum absolute atomic E-state index is 0.0280. The van der Waals surface area contributed by atoms with Gasteiger partial charge in [-0.3, -0.25) is 4.79 Å². The van der Waals surface area contributed by atoms with E-state index >= 15 is 0 Å². The summed E-state index contributed by atoms with van der Waals surface area (Å²) in [5.41, 5.74) is 0.952. The largest absolute Gasteiger partial charge is 0.308 e. The number of halogens is 1. The average molecular weight is 604 g/mol. The van der Waals surface area contributed by atoms with Gasteiger partial charge in [-0.1, -0.05) is 28.9 Å². The van der Waals surface area contributed by atoms with Gasteiger partial charge in [-0.05, 0) is 67.6 Å². The molecule has 0 spiro atoms. The third kappa shape index (κ3) is 5.41. The average Bonchev–Trinajstić information content (AvgIpc) is 3.65. The molecule has 2 aromatic carbocycles. The molecule has 1 saturated carbocycles. The Morgan fingerprint density at radius 1 is 0.975 bits per heavy atom. The lowest BCUT2D eigenvalue weighted by atomic mass is 9.97. The van der Waals surface area contributed by atoms with Gasteiger partial charge < -0.3 is 4.98 Å². The summed E-state index contributed by atoms with van der Waals surface area (Å²) in [7, 11) is -7.50. The molecule has 1 saturated heterocycles. The highest BCUT2D eigenvalue weighted by molar-refractivity contribution is 7.89. The Morgan fingerprint density at radius 2 is 1.68 bits per heavy atom. The van der Waals surface area contributed by atoms with E-state index in [2.05, 4.69) is 25.0 Å². The molecule has 210 valence electrons. The van der Waals surface area contributed by atoms with E-state index in [9.17, 15) is 21.6 Å². The summed E-state index contributed by atoms with van der Waals surface area (Å²) in [4.78, 5) is 20.3. The number of benzene rings is 2. The fourth-order valence-corrected chi connectivity index (χ4v) is 7.78. The molecule has 0 atom stereocenters. The monoisotopic (exact) mass is 603 g/mol. The Balaban J connectivity index is 1.17. The van der Waals surface area contributed by atoms with Crippen LogP contribution in [0.1, 0.15) is 43.0 Å². The molecule has 40 heavy (non-hydrogen) atoms. The van der Waals surface area contributed by atoms with Crippen LogP contribution in [0.4, 0.5) is 0 Å². The van der Waals surface area contributed by atoms with Crippen molar-refractivity contribution in [2.45, 2.75) is 54.0 Å². The lowest BCUT2D eigenvalue weighted by Gasteiger charge is -2.30. The van der Waals surface area contributed by atoms with Crippen molar-refractivity contribution in [2.75, 3.05) is 13.1 Å². The summed E-state index contributed by atoms with van der Waals surface area (Å²) in [6.07, 6.45) is 2.51. The van der Waals surface area contributed by atoms with Crippen LogP contribution in [0.2, 0.25) is 5.02 Å². The van der Waals surface area contributed by atoms with Crippen molar-refractivity contribution < 1.29 is 16.8 Å². The van der Waals surface area contributed by atoms with E-state index in [0.29, 0.717) is 35.9 Å². The molecule has 0 amide bonds. The van der Waals surface area contributed by atoms with Gasteiger partial charge in [-0.2, -0.15) is 4.31 Å². The number of hydrogen-bond acceptors (Lipinski definition) is 8. The summed E-state index contributed by atoms with van der Waals surface area (Å²) in [6, 6.07) is 12.5. The molecule has 0 bridgehead atoms. The molecule has 2 fully saturated rings. The number of fused-ring (bicyclic) bond motifs is 1. The Bertz CT molecular complexity index is 1840. The van der Waals surface area contributed by atoms with Crippen molar-refractivity contribution in [1.29, 1.82) is 0 Å². The molecule has 0 unspecified atom stereocenters. The van der Waals surface area contributed by atoms with Crippen molar-refractivity contribution in [1.82, 2.24) is 34.0 Å². The van der Waals surface area contributed by atoms with Crippen molar-refractivity contribution in [3.05, 3.63) is 75.3 Å². The number of sulfonamides is 2. The second kappa shape index (κ2) is 10.3. The van der Waals surface area contributed by atoms with Crippen LogP contribution in [-0.4, -0.2) is 65.2 Å². The van der Waals surface area contributed by atoms with Gasteiger partial charge in [0.2, 0.25) is 20.0 Å². The van der Waals surface area contributed by atoms with Crippen molar-refractivity contribution in [3.8, 4) is 0 Å². The number of nitrogens with one attached hydrogen (secondary N) is 2. The maximum absolute atomic E-state index is 13.3. The molecule has 2 aromatic heterocycles. The van der Waals surface area contributed by atoms with Crippen LogP contribution in [-0.2, 0) is 26.6 Å². The first-order chi connectivity index (χ1) is 19.1. The Kier molecular flexibility index (Phi) is 6.99. The van der Waals surface area contributed by atoms with E-state index in [0.717, 1.165) is 18.4 Å². The molecular formula is C25H26ClN7O5S2. The smallest absolute Gasteiger partial charge is 0.281 e. The van der Waals surface area contributed by atoms with Crippen LogP contribution in [0.25, 0.3) is 11.2 Å². The first-order valence-corrected chi connectivity index (χ1v) is 16.1. The van der Waals surface area contributed by atoms with Crippen LogP contribution >= 0.6 is 11.6 Å². The molecule has 0 radical (unpaired) electrons. The number of rotatable bonds is 8. The molecular weight excluding hydrogens is 578 g/mol. The number of hydrogen-bond donors (Lipinski definition) is 2. The van der Waals surface area contributed by atoms with E-state index in [1.54, 1.807) is 16.8 Å². The van der Waals surface area contributed by atoms with Crippen LogP contribution in [0.3, 0.4) is 0 Å². The highest BCUT2D eigenvalue weighted by Gasteiger charge is 2.32. The Hall–Kier alpha value is -3.17. The minimum atomic E-state index is -3.83. The first-order valence-electron chi connectivity index (χ1n) is 12.8. The standard InChI is InChI=1S/C25H26ClN7O5S2/c26-18-3-1-2-16(14-18)15-33-24-22(29-31-33)25(34)28-23(27-24)17-10-12-32(13-11-17)40(37,38)21-8-6-20(7-9-21)39(35,36)30-19-4-5-19/h1-3,6-9,14,17,19,30H,4-5,10-13,15H2,(H,27,28,34). The van der Waals surface area contributed by atoms with Crippen molar-refractivity contribution in [3.63, 3.8) is 0 Å². The molecule has 6 rings (SSSR count). The highest BCUT2D eigenvalue weighted by atomic mass is 35.5. The third-order valence-corrected chi connectivity index (χ3v) is 10.8. The van der Waals surface area contributed by atoms with Crippen molar-refractivity contribution >= 4 is 42.8 Å². The molecule has 15 heteroatoms. The highest BCUT2D eigenvalue weighted by Crippen LogP contribution is 2.30. The van der Waals surface area contributed by atoms with Gasteiger partial charge in [0.15, 0.2) is 11.2 Å². The first kappa shape index (κ1) is 27.0. The lowest BCUT2D eigenvalue weighted by molar-refractivity contribution is 0.313. The van der Waals surface area contributed by atoms with Crippen LogP contribution in [0.5, 0.6) is 0 Å². The number of piperidine rings is 1. The third-order valence-electron chi connectivity index (χ3n) is 7.12. The number of aromatic amines is 1. The van der Waals surface area contributed by atoms with Gasteiger partial charge in [0, 0.05) is 30.1 Å². The normalized spacial score (nSPS) is 17.4. The van der Waals surface area contributed by atoms with Crippen LogP contribution in [0.15, 0.2) is 63.1 Å². The number of H-pyrrole nitrogens is 1. The zero-order valence-electron chi connectivity index (χ0n) is 21.2. The zero-order valence-corrected chi connectivity index (χ0v) is 23.6. The van der Waals surface area contributed by atoms with E-state index < -0.39 is 25.6 Å². The second-order valence-electron chi connectivity index (χ2n) is 10.0. The van der Waals surface area contributed by atoms with E-state index in [4.69, 9.17) is 11.6 Å². The fourth-order valence-electron chi connectivity index (χ4n) is 4.79. The van der Waals surface area contributed by atoms with Gasteiger partial charge in [0.05, 0.1) is 16.3 Å². The van der Waals surface area contributed by atoms with E-state index in [1.807, 2.05) is 12.1 Å². The molecule has 3 heterocycles. The molecule has 2 aliphatic rings. The van der Waals surface area contributed by atoms with Crippen LogP contribution < -0.4 is 10.3 Å². The number of aromatic nitrogens is 5. The van der Waals surface area contributed by atoms with Gasteiger partial charge in [-0.15, -0.1) is 5.10 Å². The fraction of sp³-hybridized carbons (Fsp3) is 0.360.